The standard InChI is InChI=1S/C10H13N3O4S2/c11-8-9-2-4-10(5-3-9)19(16,17)13-6-1-7-18(12,14)15/h2-5,13H,1,6-7H2,(H2,12,14,15). The van der Waals surface area contributed by atoms with Crippen LogP contribution in [0.5, 0.6) is 0 Å². The third-order valence-electron chi connectivity index (χ3n) is 2.19. The topological polar surface area (TPSA) is 130 Å². The molecule has 0 saturated carbocycles. The van der Waals surface area contributed by atoms with Gasteiger partial charge in [-0.3, -0.25) is 0 Å². The lowest BCUT2D eigenvalue weighted by molar-refractivity contribution is 0.576. The van der Waals surface area contributed by atoms with Crippen molar-refractivity contribution in [3.05, 3.63) is 29.8 Å². The van der Waals surface area contributed by atoms with Crippen molar-refractivity contribution >= 4 is 20.0 Å². The molecular weight excluding hydrogens is 290 g/mol. The Morgan fingerprint density at radius 2 is 1.74 bits per heavy atom. The second-order valence-electron chi connectivity index (χ2n) is 3.75. The van der Waals surface area contributed by atoms with Crippen LogP contribution in [0.1, 0.15) is 12.0 Å². The molecule has 0 bridgehead atoms. The van der Waals surface area contributed by atoms with Crippen LogP contribution in [0.15, 0.2) is 29.2 Å². The van der Waals surface area contributed by atoms with Crippen molar-refractivity contribution in [2.24, 2.45) is 5.14 Å². The van der Waals surface area contributed by atoms with Crippen molar-refractivity contribution < 1.29 is 16.8 Å². The molecule has 1 rings (SSSR count). The normalized spacial score (nSPS) is 12.0. The molecule has 1 aromatic rings. The number of nitriles is 1. The van der Waals surface area contributed by atoms with Crippen molar-refractivity contribution in [1.82, 2.24) is 4.72 Å². The molecule has 9 heteroatoms. The molecule has 1 aromatic carbocycles. The van der Waals surface area contributed by atoms with E-state index in [2.05, 4.69) is 4.72 Å². The minimum absolute atomic E-state index is 0.0158. The highest BCUT2D eigenvalue weighted by Crippen LogP contribution is 2.09. The smallest absolute Gasteiger partial charge is 0.229 e. The molecule has 104 valence electrons. The zero-order valence-electron chi connectivity index (χ0n) is 9.90. The summed E-state index contributed by atoms with van der Waals surface area (Å²) in [7, 11) is -7.28. The summed E-state index contributed by atoms with van der Waals surface area (Å²) in [5.41, 5.74) is 0.355. The van der Waals surface area contributed by atoms with Crippen LogP contribution in [0.2, 0.25) is 0 Å². The van der Waals surface area contributed by atoms with Crippen molar-refractivity contribution in [2.75, 3.05) is 12.3 Å². The summed E-state index contributed by atoms with van der Waals surface area (Å²) in [5, 5.41) is 13.4. The Morgan fingerprint density at radius 3 is 2.21 bits per heavy atom. The minimum atomic E-state index is -3.70. The number of nitrogens with one attached hydrogen (secondary N) is 1. The first kappa shape index (κ1) is 15.6. The van der Waals surface area contributed by atoms with Gasteiger partial charge in [-0.1, -0.05) is 0 Å². The Labute approximate surface area is 112 Å². The van der Waals surface area contributed by atoms with Gasteiger partial charge in [0.1, 0.15) is 0 Å². The molecule has 0 aliphatic carbocycles. The van der Waals surface area contributed by atoms with Crippen LogP contribution < -0.4 is 9.86 Å². The average Bonchev–Trinajstić information content (AvgIpc) is 2.34. The van der Waals surface area contributed by atoms with E-state index in [0.29, 0.717) is 5.56 Å². The molecule has 0 fully saturated rings. The SMILES string of the molecule is N#Cc1ccc(S(=O)(=O)NCCCS(N)(=O)=O)cc1. The molecule has 0 amide bonds. The molecule has 0 saturated heterocycles. The van der Waals surface area contributed by atoms with Crippen LogP contribution in [0, 0.1) is 11.3 Å². The predicted molar refractivity (Wildman–Crippen MR) is 68.9 cm³/mol. The van der Waals surface area contributed by atoms with Crippen molar-refractivity contribution in [2.45, 2.75) is 11.3 Å². The largest absolute Gasteiger partial charge is 0.240 e. The van der Waals surface area contributed by atoms with Gasteiger partial charge >= 0.3 is 0 Å². The number of nitrogens with two attached hydrogens (primary N) is 1. The van der Waals surface area contributed by atoms with Gasteiger partial charge in [-0.15, -0.1) is 0 Å². The lowest BCUT2D eigenvalue weighted by atomic mass is 10.2. The van der Waals surface area contributed by atoms with Gasteiger partial charge in [0.05, 0.1) is 22.3 Å². The van der Waals surface area contributed by atoms with Gasteiger partial charge in [0.25, 0.3) is 0 Å². The maximum atomic E-state index is 11.8. The van der Waals surface area contributed by atoms with Crippen LogP contribution in [0.25, 0.3) is 0 Å². The summed E-state index contributed by atoms with van der Waals surface area (Å²) in [6, 6.07) is 7.27. The third kappa shape index (κ3) is 5.35. The van der Waals surface area contributed by atoms with E-state index in [1.54, 1.807) is 0 Å². The molecule has 7 nitrogen and oxygen atoms in total. The van der Waals surface area contributed by atoms with E-state index in [-0.39, 0.29) is 23.6 Å². The Balaban J connectivity index is 2.63. The van der Waals surface area contributed by atoms with Gasteiger partial charge in [-0.05, 0) is 30.7 Å². The zero-order valence-corrected chi connectivity index (χ0v) is 11.5. The summed E-state index contributed by atoms with van der Waals surface area (Å²) in [6.45, 7) is -0.0290. The Bertz CT molecular complexity index is 672. The van der Waals surface area contributed by atoms with E-state index < -0.39 is 20.0 Å². The fourth-order valence-corrected chi connectivity index (χ4v) is 2.89. The van der Waals surface area contributed by atoms with E-state index >= 15 is 0 Å². The summed E-state index contributed by atoms with van der Waals surface area (Å²) >= 11 is 0. The third-order valence-corrected chi connectivity index (χ3v) is 4.53. The van der Waals surface area contributed by atoms with Crippen LogP contribution in [0.4, 0.5) is 0 Å². The number of benzene rings is 1. The van der Waals surface area contributed by atoms with Gasteiger partial charge in [-0.25, -0.2) is 26.7 Å². The summed E-state index contributed by atoms with van der Waals surface area (Å²) in [5.74, 6) is -0.289. The summed E-state index contributed by atoms with van der Waals surface area (Å²) < 4.78 is 47.2. The lowest BCUT2D eigenvalue weighted by Gasteiger charge is -2.06. The van der Waals surface area contributed by atoms with E-state index in [0.717, 1.165) is 0 Å². The fourth-order valence-electron chi connectivity index (χ4n) is 1.27. The highest BCUT2D eigenvalue weighted by atomic mass is 32.2. The first-order valence-corrected chi connectivity index (χ1v) is 8.45. The van der Waals surface area contributed by atoms with Crippen LogP contribution in [-0.2, 0) is 20.0 Å². The first-order chi connectivity index (χ1) is 8.74. The predicted octanol–water partition coefficient (Wildman–Crippen LogP) is -0.485. The molecule has 0 heterocycles. The van der Waals surface area contributed by atoms with Gasteiger partial charge in [0.2, 0.25) is 20.0 Å². The number of hydrogen-bond donors (Lipinski definition) is 2. The molecule has 0 aliphatic heterocycles. The fraction of sp³-hybridized carbons (Fsp3) is 0.300. The monoisotopic (exact) mass is 303 g/mol. The highest BCUT2D eigenvalue weighted by Gasteiger charge is 2.13. The highest BCUT2D eigenvalue weighted by molar-refractivity contribution is 7.89. The first-order valence-electron chi connectivity index (χ1n) is 5.25. The number of primary sulfonamides is 1. The van der Waals surface area contributed by atoms with Crippen molar-refractivity contribution in [1.29, 1.82) is 5.26 Å². The van der Waals surface area contributed by atoms with Crippen LogP contribution in [-0.4, -0.2) is 29.1 Å². The van der Waals surface area contributed by atoms with E-state index in [9.17, 15) is 16.8 Å². The number of nitrogens with zero attached hydrogens (tertiary/aromatic N) is 1. The molecule has 0 spiro atoms. The quantitative estimate of drug-likeness (QED) is 0.685. The van der Waals surface area contributed by atoms with Crippen molar-refractivity contribution in [3.63, 3.8) is 0 Å². The Morgan fingerprint density at radius 1 is 1.16 bits per heavy atom. The molecule has 3 N–H and O–H groups in total. The molecule has 0 aliphatic rings. The maximum absolute atomic E-state index is 11.8. The van der Waals surface area contributed by atoms with E-state index in [1.165, 1.54) is 24.3 Å². The van der Waals surface area contributed by atoms with Crippen LogP contribution >= 0.6 is 0 Å². The van der Waals surface area contributed by atoms with Crippen molar-refractivity contribution in [3.8, 4) is 6.07 Å². The number of rotatable bonds is 6. The molecular formula is C10H13N3O4S2. The number of sulfonamides is 2. The molecule has 0 atom stereocenters. The average molecular weight is 303 g/mol. The summed E-state index contributed by atoms with van der Waals surface area (Å²) in [4.78, 5) is 0.0158. The molecule has 0 radical (unpaired) electrons. The molecule has 0 unspecified atom stereocenters. The van der Waals surface area contributed by atoms with Gasteiger partial charge in [0, 0.05) is 6.54 Å². The van der Waals surface area contributed by atoms with Gasteiger partial charge in [0.15, 0.2) is 0 Å². The maximum Gasteiger partial charge on any atom is 0.240 e. The van der Waals surface area contributed by atoms with Gasteiger partial charge < -0.3 is 0 Å². The Hall–Kier alpha value is -1.47. The van der Waals surface area contributed by atoms with Crippen LogP contribution in [0.3, 0.4) is 0 Å². The zero-order chi connectivity index (χ0) is 14.5. The molecule has 0 aromatic heterocycles. The van der Waals surface area contributed by atoms with Gasteiger partial charge in [-0.2, -0.15) is 5.26 Å². The van der Waals surface area contributed by atoms with E-state index in [1.807, 2.05) is 6.07 Å². The summed E-state index contributed by atoms with van der Waals surface area (Å²) in [6.07, 6.45) is 0.0916. The minimum Gasteiger partial charge on any atom is -0.229 e. The second kappa shape index (κ2) is 6.12. The molecule has 19 heavy (non-hydrogen) atoms. The Kier molecular flexibility index (Phi) is 5.02. The van der Waals surface area contributed by atoms with E-state index in [4.69, 9.17) is 10.4 Å². The number of hydrogen-bond acceptors (Lipinski definition) is 5. The lowest BCUT2D eigenvalue weighted by Crippen LogP contribution is -2.27. The second-order valence-corrected chi connectivity index (χ2v) is 7.26.